The highest BCUT2D eigenvalue weighted by Gasteiger charge is 2.25. The second-order valence-corrected chi connectivity index (χ2v) is 8.18. The van der Waals surface area contributed by atoms with E-state index in [0.29, 0.717) is 12.1 Å². The molecule has 16 nitrogen and oxygen atoms in total. The molecule has 0 aromatic heterocycles. The minimum atomic E-state index is -1.78. The van der Waals surface area contributed by atoms with Crippen molar-refractivity contribution in [3.8, 4) is 0 Å². The normalized spacial score (nSPS) is 11.5. The molecule has 3 aromatic rings. The van der Waals surface area contributed by atoms with Crippen molar-refractivity contribution in [2.45, 2.75) is 0 Å². The molecule has 0 atom stereocenters. The molecule has 3 rings (SSSR count). The number of rotatable bonds is 10. The summed E-state index contributed by atoms with van der Waals surface area (Å²) in [5, 5.41) is 77.6. The van der Waals surface area contributed by atoms with Crippen LogP contribution >= 0.6 is 0 Å². The fourth-order valence-electron chi connectivity index (χ4n) is 3.53. The topological polar surface area (TPSA) is 289 Å². The van der Waals surface area contributed by atoms with E-state index in [4.69, 9.17) is 0 Å². The maximum Gasteiger partial charge on any atom is 0.336 e. The van der Waals surface area contributed by atoms with Crippen LogP contribution < -0.4 is 0 Å². The maximum atomic E-state index is 11.9. The van der Waals surface area contributed by atoms with E-state index in [0.717, 1.165) is 36.4 Å². The summed E-state index contributed by atoms with van der Waals surface area (Å²) in [4.78, 5) is 76.6. The molecule has 0 aliphatic rings. The first-order valence-corrected chi connectivity index (χ1v) is 11.0. The van der Waals surface area contributed by atoms with Crippen LogP contribution in [0.1, 0.15) is 73.3 Å². The molecule has 0 saturated heterocycles. The van der Waals surface area contributed by atoms with E-state index in [2.05, 4.69) is 9.98 Å². The summed E-state index contributed by atoms with van der Waals surface area (Å²) in [5.41, 5.74) is -6.26. The zero-order valence-corrected chi connectivity index (χ0v) is 20.5. The number of carbonyl (C=O) groups is 6. The van der Waals surface area contributed by atoms with Crippen molar-refractivity contribution in [3.05, 3.63) is 93.0 Å². The predicted molar refractivity (Wildman–Crippen MR) is 139 cm³/mol. The minimum absolute atomic E-state index is 0.449. The Balaban J connectivity index is 2.28. The second-order valence-electron chi connectivity index (χ2n) is 8.18. The number of carboxylic acid groups (broad SMARTS) is 6. The maximum absolute atomic E-state index is 11.9. The Morgan fingerprint density at radius 1 is 0.357 bits per heavy atom. The van der Waals surface area contributed by atoms with Crippen LogP contribution in [-0.4, -0.2) is 88.5 Å². The van der Waals surface area contributed by atoms with Crippen molar-refractivity contribution in [3.63, 3.8) is 0 Å². The average Bonchev–Trinajstić information content (AvgIpc) is 2.91. The van der Waals surface area contributed by atoms with E-state index < -0.39 is 103 Å². The van der Waals surface area contributed by atoms with Crippen LogP contribution in [-0.2, 0) is 0 Å². The van der Waals surface area contributed by atoms with Gasteiger partial charge < -0.3 is 40.9 Å². The van der Waals surface area contributed by atoms with E-state index in [1.165, 1.54) is 0 Å². The van der Waals surface area contributed by atoms with Crippen LogP contribution in [0.15, 0.2) is 58.5 Å². The van der Waals surface area contributed by atoms with Crippen molar-refractivity contribution in [1.29, 1.82) is 0 Å². The lowest BCUT2D eigenvalue weighted by atomic mass is 9.97. The first kappa shape index (κ1) is 30.0. The summed E-state index contributed by atoms with van der Waals surface area (Å²) >= 11 is 0. The number of hydrogen-bond donors (Lipinski definition) is 8. The van der Waals surface area contributed by atoms with Crippen LogP contribution in [0.2, 0.25) is 0 Å². The first-order chi connectivity index (χ1) is 19.6. The molecule has 0 radical (unpaired) electrons. The van der Waals surface area contributed by atoms with Gasteiger partial charge in [-0.15, -0.1) is 0 Å². The van der Waals surface area contributed by atoms with Crippen LogP contribution in [0.4, 0.5) is 11.4 Å². The Morgan fingerprint density at radius 3 is 0.857 bits per heavy atom. The van der Waals surface area contributed by atoms with E-state index in [9.17, 15) is 69.6 Å². The number of aliphatic hydroxyl groups is 2. The van der Waals surface area contributed by atoms with Crippen molar-refractivity contribution < 1.29 is 69.6 Å². The lowest BCUT2D eigenvalue weighted by Crippen LogP contribution is -2.16. The standard InChI is InChI=1S/C26H16N2O14/c29-19(27-13-3-9(21(31)32)1-10(4-13)22(33)34)15-7-16(18(26(41)42)8-17(15)25(39)40)20(30)28-14-5-11(23(35)36)2-12(6-14)24(37)38/h1-8H,(H,27,29)(H,28,30)(H,31,32)(H,33,34)(H,35,36)(H,37,38)(H,39,40)(H,41,42). The molecule has 16 heteroatoms. The van der Waals surface area contributed by atoms with E-state index in [1.807, 2.05) is 0 Å². The Hall–Kier alpha value is -6.58. The highest BCUT2D eigenvalue weighted by molar-refractivity contribution is 6.12. The Kier molecular flexibility index (Phi) is 8.32. The molecule has 0 aliphatic carbocycles. The lowest BCUT2D eigenvalue weighted by Gasteiger charge is -2.11. The van der Waals surface area contributed by atoms with Gasteiger partial charge in [-0.3, -0.25) is 0 Å². The molecule has 0 saturated carbocycles. The Morgan fingerprint density at radius 2 is 0.619 bits per heavy atom. The van der Waals surface area contributed by atoms with Gasteiger partial charge >= 0.3 is 35.8 Å². The summed E-state index contributed by atoms with van der Waals surface area (Å²) < 4.78 is 0. The van der Waals surface area contributed by atoms with Crippen molar-refractivity contribution in [2.75, 3.05) is 0 Å². The number of aromatic carboxylic acids is 6. The van der Waals surface area contributed by atoms with Gasteiger partial charge in [0.15, 0.2) is 0 Å². The largest absolute Gasteiger partial charge is 0.493 e. The van der Waals surface area contributed by atoms with Gasteiger partial charge in [-0.25, -0.2) is 38.8 Å². The van der Waals surface area contributed by atoms with Gasteiger partial charge in [-0.1, -0.05) is 0 Å². The summed E-state index contributed by atoms with van der Waals surface area (Å²) in [5.74, 6) is -12.1. The van der Waals surface area contributed by atoms with Crippen LogP contribution in [0.25, 0.3) is 0 Å². The Labute approximate surface area is 232 Å². The molecular weight excluding hydrogens is 564 g/mol. The van der Waals surface area contributed by atoms with Gasteiger partial charge in [0, 0.05) is 0 Å². The molecule has 3 aromatic carbocycles. The molecular formula is C26H16N2O14. The summed E-state index contributed by atoms with van der Waals surface area (Å²) in [7, 11) is 0. The van der Waals surface area contributed by atoms with Crippen molar-refractivity contribution in [1.82, 2.24) is 0 Å². The summed E-state index contributed by atoms with van der Waals surface area (Å²) in [6.45, 7) is 0. The average molecular weight is 580 g/mol. The molecule has 0 heterocycles. The van der Waals surface area contributed by atoms with Crippen molar-refractivity contribution >= 4 is 59.0 Å². The fourth-order valence-corrected chi connectivity index (χ4v) is 3.53. The number of benzene rings is 3. The molecule has 0 fully saturated rings. The summed E-state index contributed by atoms with van der Waals surface area (Å²) in [6, 6.07) is 6.18. The van der Waals surface area contributed by atoms with Gasteiger partial charge in [-0.2, -0.15) is 0 Å². The predicted octanol–water partition coefficient (Wildman–Crippen LogP) is 3.15. The van der Waals surface area contributed by atoms with Crippen LogP contribution in [0.3, 0.4) is 0 Å². The van der Waals surface area contributed by atoms with E-state index in [1.54, 1.807) is 0 Å². The second kappa shape index (κ2) is 11.7. The summed E-state index contributed by atoms with van der Waals surface area (Å²) in [6.07, 6.45) is 0. The molecule has 0 unspecified atom stereocenters. The number of aliphatic hydroxyl groups excluding tert-OH is 2. The highest BCUT2D eigenvalue weighted by atomic mass is 16.4. The minimum Gasteiger partial charge on any atom is -0.493 e. The van der Waals surface area contributed by atoms with Crippen molar-refractivity contribution in [2.24, 2.45) is 9.98 Å². The Bertz CT molecular complexity index is 1580. The number of nitrogens with zero attached hydrogens (tertiary/aromatic N) is 2. The first-order valence-electron chi connectivity index (χ1n) is 11.0. The van der Waals surface area contributed by atoms with Gasteiger partial charge in [0.2, 0.25) is 11.8 Å². The zero-order valence-electron chi connectivity index (χ0n) is 20.5. The fraction of sp³-hybridized carbons (Fsp3) is 0. The SMILES string of the molecule is O=C(O)c1cc(N=C(O)c2cc(C(O)=Nc3cc(C(=O)O)cc(C(=O)O)c3)c(C(=O)O)cc2C(=O)O)cc(C(=O)O)c1. The van der Waals surface area contributed by atoms with E-state index in [-0.39, 0.29) is 0 Å². The molecule has 0 amide bonds. The van der Waals surface area contributed by atoms with Gasteiger partial charge in [0.1, 0.15) is 0 Å². The zero-order chi connectivity index (χ0) is 31.5. The number of hydrogen-bond acceptors (Lipinski definition) is 8. The van der Waals surface area contributed by atoms with Gasteiger partial charge in [0.25, 0.3) is 0 Å². The number of carboxylic acids is 6. The quantitative estimate of drug-likeness (QED) is 0.126. The lowest BCUT2D eigenvalue weighted by molar-refractivity contribution is 0.0676. The molecule has 0 aliphatic heterocycles. The third kappa shape index (κ3) is 6.52. The molecule has 0 spiro atoms. The van der Waals surface area contributed by atoms with Gasteiger partial charge in [-0.05, 0) is 48.5 Å². The van der Waals surface area contributed by atoms with Crippen LogP contribution in [0, 0.1) is 0 Å². The number of aliphatic imine (C=N–C) groups is 2. The van der Waals surface area contributed by atoms with E-state index >= 15 is 0 Å². The third-order valence-electron chi connectivity index (χ3n) is 5.39. The smallest absolute Gasteiger partial charge is 0.336 e. The van der Waals surface area contributed by atoms with Crippen LogP contribution in [0.5, 0.6) is 0 Å². The molecule has 42 heavy (non-hydrogen) atoms. The molecule has 0 bridgehead atoms. The molecule has 8 N–H and O–H groups in total. The molecule has 214 valence electrons. The third-order valence-corrected chi connectivity index (χ3v) is 5.39. The van der Waals surface area contributed by atoms with Gasteiger partial charge in [0.05, 0.1) is 55.9 Å². The highest BCUT2D eigenvalue weighted by Crippen LogP contribution is 2.25. The monoisotopic (exact) mass is 580 g/mol.